The first kappa shape index (κ1) is 28.0. The van der Waals surface area contributed by atoms with Crippen LogP contribution in [-0.4, -0.2) is 52.1 Å². The third kappa shape index (κ3) is 5.44. The van der Waals surface area contributed by atoms with Crippen LogP contribution in [0.4, 0.5) is 5.69 Å². The van der Waals surface area contributed by atoms with Gasteiger partial charge in [-0.25, -0.2) is 9.98 Å². The molecule has 2 aromatic carbocycles. The molecule has 1 saturated heterocycles. The van der Waals surface area contributed by atoms with Crippen molar-refractivity contribution in [2.45, 2.75) is 59.2 Å². The summed E-state index contributed by atoms with van der Waals surface area (Å²) in [6, 6.07) is 13.6. The van der Waals surface area contributed by atoms with Gasteiger partial charge >= 0.3 is 0 Å². The maximum absolute atomic E-state index is 13.2. The summed E-state index contributed by atoms with van der Waals surface area (Å²) in [4.78, 5) is 25.8. The molecule has 0 amide bonds. The molecule has 5 unspecified atom stereocenters. The summed E-state index contributed by atoms with van der Waals surface area (Å²) in [5, 5.41) is 8.42. The van der Waals surface area contributed by atoms with Gasteiger partial charge in [0, 0.05) is 43.4 Å². The Balaban J connectivity index is 1.28. The average Bonchev–Trinajstić information content (AvgIpc) is 2.95. The van der Waals surface area contributed by atoms with Gasteiger partial charge in [-0.2, -0.15) is 0 Å². The Hall–Kier alpha value is -3.10. The number of anilines is 1. The van der Waals surface area contributed by atoms with Crippen molar-refractivity contribution in [3.05, 3.63) is 63.7 Å². The van der Waals surface area contributed by atoms with E-state index >= 15 is 0 Å². The van der Waals surface area contributed by atoms with Crippen LogP contribution in [0.5, 0.6) is 5.75 Å². The average molecular weight is 577 g/mol. The fourth-order valence-electron chi connectivity index (χ4n) is 7.10. The maximum atomic E-state index is 13.2. The van der Waals surface area contributed by atoms with E-state index in [1.165, 1.54) is 6.42 Å². The summed E-state index contributed by atoms with van der Waals surface area (Å²) in [6.45, 7) is 12.3. The van der Waals surface area contributed by atoms with Gasteiger partial charge in [-0.15, -0.1) is 0 Å². The minimum Gasteiger partial charge on any atom is -0.486 e. The highest BCUT2D eigenvalue weighted by atomic mass is 35.5. The SMILES string of the molecule is CC1CN(C(=NC2CC3CC(C2C)C3(C)C)Nc2ccc3c(=O)n(C)c(COc4ccc(Cl)cc4)nc3c2)CCN1. The number of ether oxygens (including phenoxy) is 1. The third-order valence-electron chi connectivity index (χ3n) is 9.88. The van der Waals surface area contributed by atoms with E-state index in [4.69, 9.17) is 26.3 Å². The molecular formula is C32H41ClN6O2. The molecule has 9 heteroatoms. The molecule has 1 aromatic heterocycles. The Morgan fingerprint density at radius 3 is 2.68 bits per heavy atom. The quantitative estimate of drug-likeness (QED) is 0.317. The lowest BCUT2D eigenvalue weighted by Gasteiger charge is -2.61. The highest BCUT2D eigenvalue weighted by Gasteiger charge is 2.56. The topological polar surface area (TPSA) is 83.8 Å². The number of halogens is 1. The minimum absolute atomic E-state index is 0.0982. The zero-order valence-electron chi connectivity index (χ0n) is 24.7. The highest BCUT2D eigenvalue weighted by Crippen LogP contribution is 2.61. The lowest BCUT2D eigenvalue weighted by Crippen LogP contribution is -2.57. The number of piperazine rings is 1. The summed E-state index contributed by atoms with van der Waals surface area (Å²) in [7, 11) is 1.73. The predicted octanol–water partition coefficient (Wildman–Crippen LogP) is 5.30. The van der Waals surface area contributed by atoms with Gasteiger partial charge in [0.05, 0.1) is 16.9 Å². The second-order valence-electron chi connectivity index (χ2n) is 12.8. The van der Waals surface area contributed by atoms with Crippen LogP contribution < -0.4 is 20.9 Å². The molecule has 4 aliphatic rings. The van der Waals surface area contributed by atoms with Crippen LogP contribution in [0.2, 0.25) is 5.02 Å². The molecule has 2 N–H and O–H groups in total. The molecule has 3 saturated carbocycles. The van der Waals surface area contributed by atoms with E-state index in [1.54, 1.807) is 35.9 Å². The number of hydrogen-bond donors (Lipinski definition) is 2. The third-order valence-corrected chi connectivity index (χ3v) is 10.1. The summed E-state index contributed by atoms with van der Waals surface area (Å²) < 4.78 is 7.46. The monoisotopic (exact) mass is 576 g/mol. The minimum atomic E-state index is -0.0982. The Kier molecular flexibility index (Phi) is 7.49. The van der Waals surface area contributed by atoms with Crippen LogP contribution in [0.25, 0.3) is 10.9 Å². The van der Waals surface area contributed by atoms with Crippen molar-refractivity contribution in [3.8, 4) is 5.75 Å². The van der Waals surface area contributed by atoms with Crippen LogP contribution in [0.15, 0.2) is 52.3 Å². The number of nitrogens with one attached hydrogen (secondary N) is 2. The molecule has 8 nitrogen and oxygen atoms in total. The molecule has 218 valence electrons. The van der Waals surface area contributed by atoms with Gasteiger partial charge in [0.25, 0.3) is 5.56 Å². The van der Waals surface area contributed by atoms with Crippen LogP contribution in [0.1, 0.15) is 46.4 Å². The molecule has 4 fully saturated rings. The fourth-order valence-corrected chi connectivity index (χ4v) is 7.23. The summed E-state index contributed by atoms with van der Waals surface area (Å²) in [5.41, 5.74) is 1.84. The van der Waals surface area contributed by atoms with E-state index in [2.05, 4.69) is 43.2 Å². The van der Waals surface area contributed by atoms with Crippen molar-refractivity contribution in [1.82, 2.24) is 19.8 Å². The lowest BCUT2D eigenvalue weighted by atomic mass is 9.45. The first-order valence-electron chi connectivity index (χ1n) is 14.8. The summed E-state index contributed by atoms with van der Waals surface area (Å²) in [5.74, 6) is 4.17. The Bertz CT molecular complexity index is 1520. The van der Waals surface area contributed by atoms with E-state index in [0.717, 1.165) is 49.5 Å². The van der Waals surface area contributed by atoms with Crippen molar-refractivity contribution >= 4 is 34.2 Å². The van der Waals surface area contributed by atoms with Crippen LogP contribution in [0.3, 0.4) is 0 Å². The number of fused-ring (bicyclic) bond motifs is 3. The number of nitrogens with zero attached hydrogens (tertiary/aromatic N) is 4. The number of hydrogen-bond acceptors (Lipinski definition) is 5. The lowest BCUT2D eigenvalue weighted by molar-refractivity contribution is -0.108. The van der Waals surface area contributed by atoms with Gasteiger partial charge in [-0.1, -0.05) is 32.4 Å². The van der Waals surface area contributed by atoms with E-state index in [0.29, 0.717) is 50.9 Å². The Morgan fingerprint density at radius 1 is 1.20 bits per heavy atom. The summed E-state index contributed by atoms with van der Waals surface area (Å²) in [6.07, 6.45) is 2.48. The summed E-state index contributed by atoms with van der Waals surface area (Å²) >= 11 is 5.99. The molecule has 7 rings (SSSR count). The highest BCUT2D eigenvalue weighted by molar-refractivity contribution is 6.30. The Morgan fingerprint density at radius 2 is 1.98 bits per heavy atom. The van der Waals surface area contributed by atoms with Gasteiger partial charge < -0.3 is 20.3 Å². The van der Waals surface area contributed by atoms with Crippen molar-refractivity contribution < 1.29 is 4.74 Å². The molecule has 41 heavy (non-hydrogen) atoms. The molecule has 1 aliphatic heterocycles. The number of rotatable bonds is 5. The molecule has 0 radical (unpaired) electrons. The van der Waals surface area contributed by atoms with Crippen LogP contribution in [-0.2, 0) is 13.7 Å². The smallest absolute Gasteiger partial charge is 0.261 e. The molecule has 3 aromatic rings. The van der Waals surface area contributed by atoms with E-state index in [9.17, 15) is 4.79 Å². The van der Waals surface area contributed by atoms with Gasteiger partial charge in [-0.05, 0) is 85.4 Å². The van der Waals surface area contributed by atoms with Gasteiger partial charge in [0.15, 0.2) is 5.96 Å². The first-order valence-corrected chi connectivity index (χ1v) is 15.2. The second-order valence-corrected chi connectivity index (χ2v) is 13.2. The molecule has 2 heterocycles. The van der Waals surface area contributed by atoms with Crippen molar-refractivity contribution in [1.29, 1.82) is 0 Å². The predicted molar refractivity (Wildman–Crippen MR) is 166 cm³/mol. The first-order chi connectivity index (χ1) is 19.6. The van der Waals surface area contributed by atoms with E-state index < -0.39 is 0 Å². The van der Waals surface area contributed by atoms with Crippen molar-refractivity contribution in [2.75, 3.05) is 25.0 Å². The zero-order chi connectivity index (χ0) is 28.9. The second kappa shape index (κ2) is 11.0. The standard InChI is InChI=1S/C32H41ClN6O2/c1-19-17-39(13-12-34-19)31(37-27-15-21-14-26(20(27)2)32(21,3)4)35-23-8-11-25-28(16-23)36-29(38(5)30(25)40)18-41-24-9-6-22(33)7-10-24/h6-11,16,19-21,26-27,34H,12-15,17-18H2,1-5H3,(H,35,37). The van der Waals surface area contributed by atoms with Crippen LogP contribution in [0, 0.1) is 23.2 Å². The molecule has 5 atom stereocenters. The maximum Gasteiger partial charge on any atom is 0.261 e. The number of aromatic nitrogens is 2. The largest absolute Gasteiger partial charge is 0.486 e. The van der Waals surface area contributed by atoms with E-state index in [-0.39, 0.29) is 12.2 Å². The van der Waals surface area contributed by atoms with Crippen LogP contribution >= 0.6 is 11.6 Å². The van der Waals surface area contributed by atoms with E-state index in [1.807, 2.05) is 18.2 Å². The van der Waals surface area contributed by atoms with Gasteiger partial charge in [-0.3, -0.25) is 9.36 Å². The Labute approximate surface area is 247 Å². The fraction of sp³-hybridized carbons (Fsp3) is 0.531. The van der Waals surface area contributed by atoms with Gasteiger partial charge in [0.1, 0.15) is 18.2 Å². The zero-order valence-corrected chi connectivity index (χ0v) is 25.4. The molecular weight excluding hydrogens is 536 g/mol. The van der Waals surface area contributed by atoms with Crippen molar-refractivity contribution in [2.24, 2.45) is 35.2 Å². The van der Waals surface area contributed by atoms with Crippen molar-refractivity contribution in [3.63, 3.8) is 0 Å². The van der Waals surface area contributed by atoms with Gasteiger partial charge in [0.2, 0.25) is 0 Å². The number of benzene rings is 2. The molecule has 2 bridgehead atoms. The molecule has 0 spiro atoms. The molecule has 3 aliphatic carbocycles. The normalized spacial score (nSPS) is 27.4. The number of aliphatic imine (C=N–C) groups is 1. The number of guanidine groups is 1.